The molecule has 0 radical (unpaired) electrons. The van der Waals surface area contributed by atoms with Crippen LogP contribution in [0, 0.1) is 11.8 Å². The van der Waals surface area contributed by atoms with Crippen LogP contribution in [-0.4, -0.2) is 6.10 Å². The van der Waals surface area contributed by atoms with Crippen LogP contribution in [0.3, 0.4) is 0 Å². The molecule has 0 heterocycles. The minimum Gasteiger partial charge on any atom is -0.308 e. The molecule has 1 saturated carbocycles. The van der Waals surface area contributed by atoms with Crippen LogP contribution in [0.2, 0.25) is 0 Å². The molecule has 1 unspecified atom stereocenters. The number of allylic oxidation sites excluding steroid dienone is 1. The first kappa shape index (κ1) is 13.2. The van der Waals surface area contributed by atoms with Crippen LogP contribution < -0.4 is 0 Å². The third-order valence-electron chi connectivity index (χ3n) is 3.60. The largest absolute Gasteiger partial charge is 0.308 e. The molecule has 1 atom stereocenters. The van der Waals surface area contributed by atoms with Gasteiger partial charge in [0.15, 0.2) is 0 Å². The first-order valence-corrected chi connectivity index (χ1v) is 6.55. The first-order chi connectivity index (χ1) is 7.06. The zero-order valence-corrected chi connectivity index (χ0v) is 11.9. The number of hydrogen-bond donors (Lipinski definition) is 0. The van der Waals surface area contributed by atoms with Crippen LogP contribution in [0.25, 0.3) is 0 Å². The Morgan fingerprint density at radius 2 is 1.67 bits per heavy atom. The minimum absolute atomic E-state index is 0.192. The van der Waals surface area contributed by atoms with Gasteiger partial charge >= 0.3 is 0 Å². The molecular weight excluding hydrogens is 299 g/mol. The lowest BCUT2D eigenvalue weighted by Gasteiger charge is -2.31. The fourth-order valence-corrected chi connectivity index (χ4v) is 2.67. The maximum Gasteiger partial charge on any atom is 0.110 e. The second kappa shape index (κ2) is 6.04. The Kier molecular flexibility index (Phi) is 5.33. The van der Waals surface area contributed by atoms with E-state index in [0.29, 0.717) is 5.92 Å². The molecule has 1 fully saturated rings. The van der Waals surface area contributed by atoms with E-state index in [0.717, 1.165) is 5.92 Å². The van der Waals surface area contributed by atoms with E-state index in [9.17, 15) is 0 Å². The zero-order chi connectivity index (χ0) is 11.4. The van der Waals surface area contributed by atoms with Gasteiger partial charge < -0.3 is 3.07 Å². The van der Waals surface area contributed by atoms with Gasteiger partial charge in [-0.05, 0) is 56.9 Å². The smallest absolute Gasteiger partial charge is 0.110 e. The summed E-state index contributed by atoms with van der Waals surface area (Å²) < 4.78 is 5.29. The summed E-state index contributed by atoms with van der Waals surface area (Å²) in [6.45, 7) is 12.5. The Balaban J connectivity index is 2.43. The topological polar surface area (TPSA) is 9.23 Å². The molecule has 1 nitrogen and oxygen atoms in total. The molecule has 0 bridgehead atoms. The maximum absolute atomic E-state index is 5.29. The van der Waals surface area contributed by atoms with Gasteiger partial charge in [-0.3, -0.25) is 0 Å². The Morgan fingerprint density at radius 1 is 1.20 bits per heavy atom. The van der Waals surface area contributed by atoms with Gasteiger partial charge in [0, 0.05) is 0 Å². The quantitative estimate of drug-likeness (QED) is 0.540. The monoisotopic (exact) mass is 320 g/mol. The Hall–Kier alpha value is 0.170. The fraction of sp³-hybridized carbons (Fsp3) is 0.692. The van der Waals surface area contributed by atoms with Crippen molar-refractivity contribution in [1.29, 1.82) is 0 Å². The molecule has 15 heavy (non-hydrogen) atoms. The summed E-state index contributed by atoms with van der Waals surface area (Å²) >= 11 is 1.96. The van der Waals surface area contributed by atoms with E-state index in [1.165, 1.54) is 36.8 Å². The molecule has 2 heteroatoms. The van der Waals surface area contributed by atoms with E-state index in [2.05, 4.69) is 27.0 Å². The van der Waals surface area contributed by atoms with Crippen molar-refractivity contribution >= 4 is 23.0 Å². The van der Waals surface area contributed by atoms with Crippen molar-refractivity contribution in [2.24, 2.45) is 11.8 Å². The molecule has 0 saturated heterocycles. The molecule has 1 aliphatic rings. The maximum atomic E-state index is 5.29. The first-order valence-electron chi connectivity index (χ1n) is 5.67. The lowest BCUT2D eigenvalue weighted by Crippen LogP contribution is -2.21. The zero-order valence-electron chi connectivity index (χ0n) is 9.76. The summed E-state index contributed by atoms with van der Waals surface area (Å²) in [6.07, 6.45) is 5.23. The molecule has 0 N–H and O–H groups in total. The summed E-state index contributed by atoms with van der Waals surface area (Å²) in [5, 5.41) is 0. The second-order valence-electron chi connectivity index (χ2n) is 4.70. The van der Waals surface area contributed by atoms with Crippen LogP contribution in [-0.2, 0) is 3.07 Å². The molecule has 0 amide bonds. The SMILES string of the molecule is C=C(C)C1CCC(C(=C)C(C)OI)CC1. The van der Waals surface area contributed by atoms with Gasteiger partial charge in [-0.25, -0.2) is 0 Å². The van der Waals surface area contributed by atoms with Crippen LogP contribution in [0.5, 0.6) is 0 Å². The minimum atomic E-state index is 0.192. The fourth-order valence-electron chi connectivity index (χ4n) is 2.35. The van der Waals surface area contributed by atoms with Crippen LogP contribution >= 0.6 is 23.0 Å². The summed E-state index contributed by atoms with van der Waals surface area (Å²) in [4.78, 5) is 0. The average Bonchev–Trinajstić information content (AvgIpc) is 2.27. The highest BCUT2D eigenvalue weighted by molar-refractivity contribution is 14.1. The molecule has 0 aromatic rings. The summed E-state index contributed by atoms with van der Waals surface area (Å²) in [5.74, 6) is 1.40. The van der Waals surface area contributed by atoms with Crippen molar-refractivity contribution in [2.45, 2.75) is 45.6 Å². The summed E-state index contributed by atoms with van der Waals surface area (Å²) in [6, 6.07) is 0. The van der Waals surface area contributed by atoms with Crippen molar-refractivity contribution in [1.82, 2.24) is 0 Å². The predicted octanol–water partition coefficient (Wildman–Crippen LogP) is 4.68. The van der Waals surface area contributed by atoms with E-state index in [1.807, 2.05) is 23.0 Å². The molecule has 1 rings (SSSR count). The van der Waals surface area contributed by atoms with Crippen LogP contribution in [0.1, 0.15) is 39.5 Å². The van der Waals surface area contributed by atoms with Gasteiger partial charge in [0.2, 0.25) is 0 Å². The Labute approximate surface area is 108 Å². The van der Waals surface area contributed by atoms with E-state index in [1.54, 1.807) is 0 Å². The molecular formula is C13H21IO. The molecule has 1 aliphatic carbocycles. The van der Waals surface area contributed by atoms with Crippen molar-refractivity contribution in [2.75, 3.05) is 0 Å². The molecule has 0 spiro atoms. The predicted molar refractivity (Wildman–Crippen MR) is 74.0 cm³/mol. The van der Waals surface area contributed by atoms with Gasteiger partial charge in [0.25, 0.3) is 0 Å². The Morgan fingerprint density at radius 3 is 2.07 bits per heavy atom. The molecule has 86 valence electrons. The van der Waals surface area contributed by atoms with Crippen molar-refractivity contribution in [3.05, 3.63) is 24.3 Å². The molecule has 0 aromatic carbocycles. The number of rotatable bonds is 4. The van der Waals surface area contributed by atoms with Crippen molar-refractivity contribution < 1.29 is 3.07 Å². The van der Waals surface area contributed by atoms with Gasteiger partial charge in [0.1, 0.15) is 23.0 Å². The average molecular weight is 320 g/mol. The summed E-state index contributed by atoms with van der Waals surface area (Å²) in [7, 11) is 0. The van der Waals surface area contributed by atoms with Gasteiger partial charge in [-0.2, -0.15) is 0 Å². The Bertz CT molecular complexity index is 239. The normalized spacial score (nSPS) is 28.5. The third-order valence-corrected chi connectivity index (χ3v) is 4.37. The lowest BCUT2D eigenvalue weighted by atomic mass is 9.76. The molecule has 0 aliphatic heterocycles. The third kappa shape index (κ3) is 3.59. The highest BCUT2D eigenvalue weighted by Crippen LogP contribution is 2.37. The van der Waals surface area contributed by atoms with Crippen molar-refractivity contribution in [3.63, 3.8) is 0 Å². The highest BCUT2D eigenvalue weighted by atomic mass is 127. The van der Waals surface area contributed by atoms with E-state index < -0.39 is 0 Å². The van der Waals surface area contributed by atoms with Crippen molar-refractivity contribution in [3.8, 4) is 0 Å². The molecule has 0 aromatic heterocycles. The van der Waals surface area contributed by atoms with Gasteiger partial charge in [0.05, 0.1) is 6.10 Å². The van der Waals surface area contributed by atoms with Gasteiger partial charge in [-0.1, -0.05) is 18.7 Å². The highest BCUT2D eigenvalue weighted by Gasteiger charge is 2.25. The van der Waals surface area contributed by atoms with Crippen LogP contribution in [0.4, 0.5) is 0 Å². The number of hydrogen-bond acceptors (Lipinski definition) is 1. The second-order valence-corrected chi connectivity index (χ2v) is 5.21. The van der Waals surface area contributed by atoms with Crippen LogP contribution in [0.15, 0.2) is 24.3 Å². The lowest BCUT2D eigenvalue weighted by molar-refractivity contribution is 0.276. The summed E-state index contributed by atoms with van der Waals surface area (Å²) in [5.41, 5.74) is 2.61. The van der Waals surface area contributed by atoms with Gasteiger partial charge in [-0.15, -0.1) is 0 Å². The van der Waals surface area contributed by atoms with E-state index >= 15 is 0 Å². The number of halogens is 1. The van der Waals surface area contributed by atoms with E-state index in [4.69, 9.17) is 3.07 Å². The van der Waals surface area contributed by atoms with E-state index in [-0.39, 0.29) is 6.10 Å². The standard InChI is InChI=1S/C13H21IO/c1-9(2)12-5-7-13(8-6-12)10(3)11(4)15-14/h11-13H,1,3,5-8H2,2,4H3.